The number of guanidine groups is 1. The Kier molecular flexibility index (Phi) is 7.49. The lowest BCUT2D eigenvalue weighted by Gasteiger charge is -2.26. The molecule has 1 aromatic carbocycles. The van der Waals surface area contributed by atoms with Gasteiger partial charge in [-0.05, 0) is 24.6 Å². The average molecular weight is 386 g/mol. The van der Waals surface area contributed by atoms with Gasteiger partial charge in [-0.15, -0.1) is 0 Å². The number of ether oxygens (including phenoxy) is 1. The summed E-state index contributed by atoms with van der Waals surface area (Å²) in [6, 6.07) is 5.38. The number of hydrogen-bond donors (Lipinski definition) is 2. The Balaban J connectivity index is 1.82. The highest BCUT2D eigenvalue weighted by Gasteiger charge is 2.32. The number of benzene rings is 1. The van der Waals surface area contributed by atoms with Crippen LogP contribution in [0.1, 0.15) is 31.4 Å². The molecule has 1 saturated heterocycles. The van der Waals surface area contributed by atoms with E-state index < -0.39 is 17.2 Å². The van der Waals surface area contributed by atoms with Gasteiger partial charge in [0.1, 0.15) is 0 Å². The van der Waals surface area contributed by atoms with Crippen molar-refractivity contribution >= 4 is 5.96 Å². The number of halogens is 3. The van der Waals surface area contributed by atoms with Crippen LogP contribution in [0.2, 0.25) is 0 Å². The molecule has 0 bridgehead atoms. The van der Waals surface area contributed by atoms with Crippen LogP contribution in [0.5, 0.6) is 0 Å². The predicted octanol–water partition coefficient (Wildman–Crippen LogP) is 2.61. The molecule has 1 aliphatic heterocycles. The van der Waals surface area contributed by atoms with Crippen LogP contribution >= 0.6 is 0 Å². The van der Waals surface area contributed by atoms with Crippen LogP contribution in [0, 0.1) is 0 Å². The Morgan fingerprint density at radius 2 is 1.89 bits per heavy atom. The van der Waals surface area contributed by atoms with Crippen LogP contribution in [0.15, 0.2) is 29.3 Å². The summed E-state index contributed by atoms with van der Waals surface area (Å²) in [5.74, 6) is 0.317. The van der Waals surface area contributed by atoms with E-state index in [4.69, 9.17) is 10.5 Å². The topological polar surface area (TPSA) is 62.9 Å². The number of nitrogens with one attached hydrogen (secondary N) is 1. The van der Waals surface area contributed by atoms with E-state index in [1.165, 1.54) is 12.1 Å². The predicted molar refractivity (Wildman–Crippen MR) is 101 cm³/mol. The van der Waals surface area contributed by atoms with E-state index in [9.17, 15) is 13.2 Å². The standard InChI is InChI=1S/C19H29F3N4O/c1-18(2,15-5-3-6-16(13-15)19(20,21)22)14-25-17(23)24-7-4-8-26-9-11-27-12-10-26/h3,5-6,13H,4,7-12,14H2,1-2H3,(H3,23,24,25). The molecule has 3 N–H and O–H groups in total. The maximum absolute atomic E-state index is 12.9. The van der Waals surface area contributed by atoms with Crippen molar-refractivity contribution in [3.8, 4) is 0 Å². The molecule has 1 aliphatic rings. The van der Waals surface area contributed by atoms with Crippen molar-refractivity contribution in [2.24, 2.45) is 10.7 Å². The van der Waals surface area contributed by atoms with Crippen LogP contribution < -0.4 is 11.1 Å². The highest BCUT2D eigenvalue weighted by atomic mass is 19.4. The zero-order valence-electron chi connectivity index (χ0n) is 16.0. The number of hydrogen-bond acceptors (Lipinski definition) is 3. The number of rotatable bonds is 7. The Morgan fingerprint density at radius 3 is 2.56 bits per heavy atom. The van der Waals surface area contributed by atoms with Crippen LogP contribution in [0.3, 0.4) is 0 Å². The normalized spacial score (nSPS) is 17.1. The van der Waals surface area contributed by atoms with Crippen molar-refractivity contribution in [1.29, 1.82) is 0 Å². The Hall–Kier alpha value is -1.80. The minimum Gasteiger partial charge on any atom is -0.379 e. The summed E-state index contributed by atoms with van der Waals surface area (Å²) in [7, 11) is 0. The van der Waals surface area contributed by atoms with E-state index in [1.54, 1.807) is 6.07 Å². The second-order valence-corrected chi connectivity index (χ2v) is 7.40. The summed E-state index contributed by atoms with van der Waals surface area (Å²) in [5.41, 5.74) is 5.29. The quantitative estimate of drug-likeness (QED) is 0.430. The van der Waals surface area contributed by atoms with Gasteiger partial charge in [-0.25, -0.2) is 0 Å². The summed E-state index contributed by atoms with van der Waals surface area (Å²) >= 11 is 0. The molecule has 0 radical (unpaired) electrons. The molecular weight excluding hydrogens is 357 g/mol. The molecule has 0 unspecified atom stereocenters. The van der Waals surface area contributed by atoms with Gasteiger partial charge in [-0.3, -0.25) is 9.89 Å². The van der Waals surface area contributed by atoms with Gasteiger partial charge in [0.15, 0.2) is 5.96 Å². The summed E-state index contributed by atoms with van der Waals surface area (Å²) in [6.45, 7) is 9.16. The largest absolute Gasteiger partial charge is 0.416 e. The van der Waals surface area contributed by atoms with Crippen molar-refractivity contribution < 1.29 is 17.9 Å². The number of nitrogens with zero attached hydrogens (tertiary/aromatic N) is 2. The third-order valence-corrected chi connectivity index (χ3v) is 4.68. The van der Waals surface area contributed by atoms with E-state index in [0.717, 1.165) is 45.3 Å². The molecule has 5 nitrogen and oxygen atoms in total. The highest BCUT2D eigenvalue weighted by molar-refractivity contribution is 5.77. The Labute approximate surface area is 158 Å². The molecule has 1 fully saturated rings. The number of aliphatic imine (C=N–C) groups is 1. The SMILES string of the molecule is CC(C)(CN=C(N)NCCCN1CCOCC1)c1cccc(C(F)(F)F)c1. The summed E-state index contributed by atoms with van der Waals surface area (Å²) < 4.78 is 44.0. The van der Waals surface area contributed by atoms with Crippen LogP contribution in [-0.4, -0.2) is 56.8 Å². The number of nitrogens with two attached hydrogens (primary N) is 1. The molecule has 0 amide bonds. The Bertz CT molecular complexity index is 626. The maximum atomic E-state index is 12.9. The zero-order chi connectivity index (χ0) is 19.9. The third-order valence-electron chi connectivity index (χ3n) is 4.68. The lowest BCUT2D eigenvalue weighted by atomic mass is 9.84. The first-order valence-electron chi connectivity index (χ1n) is 9.20. The first-order chi connectivity index (χ1) is 12.7. The molecule has 1 aromatic rings. The van der Waals surface area contributed by atoms with E-state index in [1.807, 2.05) is 13.8 Å². The van der Waals surface area contributed by atoms with Gasteiger partial charge in [0.2, 0.25) is 0 Å². The number of alkyl halides is 3. The van der Waals surface area contributed by atoms with Crippen molar-refractivity contribution in [1.82, 2.24) is 10.2 Å². The van der Waals surface area contributed by atoms with E-state index >= 15 is 0 Å². The zero-order valence-corrected chi connectivity index (χ0v) is 16.0. The Morgan fingerprint density at radius 1 is 1.22 bits per heavy atom. The van der Waals surface area contributed by atoms with Gasteiger partial charge in [0.05, 0.1) is 25.3 Å². The van der Waals surface area contributed by atoms with E-state index in [0.29, 0.717) is 24.6 Å². The maximum Gasteiger partial charge on any atom is 0.416 e. The lowest BCUT2D eigenvalue weighted by Crippen LogP contribution is -2.39. The fourth-order valence-corrected chi connectivity index (χ4v) is 2.89. The van der Waals surface area contributed by atoms with Gasteiger partial charge >= 0.3 is 6.18 Å². The molecule has 0 aliphatic carbocycles. The van der Waals surface area contributed by atoms with Crippen molar-refractivity contribution in [3.63, 3.8) is 0 Å². The second-order valence-electron chi connectivity index (χ2n) is 7.40. The van der Waals surface area contributed by atoms with Gasteiger partial charge in [-0.2, -0.15) is 13.2 Å². The molecule has 0 aromatic heterocycles. The minimum absolute atomic E-state index is 0.302. The number of morpholine rings is 1. The molecular formula is C19H29F3N4O. The lowest BCUT2D eigenvalue weighted by molar-refractivity contribution is -0.137. The van der Waals surface area contributed by atoms with Crippen LogP contribution in [0.25, 0.3) is 0 Å². The fourth-order valence-electron chi connectivity index (χ4n) is 2.89. The molecule has 0 atom stereocenters. The summed E-state index contributed by atoms with van der Waals surface area (Å²) in [4.78, 5) is 6.66. The average Bonchev–Trinajstić information content (AvgIpc) is 2.64. The van der Waals surface area contributed by atoms with Gasteiger partial charge in [0, 0.05) is 25.0 Å². The molecule has 0 saturated carbocycles. The molecule has 27 heavy (non-hydrogen) atoms. The second kappa shape index (κ2) is 9.41. The van der Waals surface area contributed by atoms with Gasteiger partial charge in [0.25, 0.3) is 0 Å². The molecule has 0 spiro atoms. The van der Waals surface area contributed by atoms with E-state index in [-0.39, 0.29) is 0 Å². The first kappa shape index (κ1) is 21.5. The highest BCUT2D eigenvalue weighted by Crippen LogP contribution is 2.32. The van der Waals surface area contributed by atoms with Crippen molar-refractivity contribution in [2.45, 2.75) is 31.9 Å². The molecule has 1 heterocycles. The van der Waals surface area contributed by atoms with Gasteiger partial charge < -0.3 is 15.8 Å². The summed E-state index contributed by atoms with van der Waals surface area (Å²) in [6.07, 6.45) is -3.41. The van der Waals surface area contributed by atoms with Crippen molar-refractivity contribution in [2.75, 3.05) is 45.9 Å². The van der Waals surface area contributed by atoms with Gasteiger partial charge in [-0.1, -0.05) is 32.0 Å². The first-order valence-corrected chi connectivity index (χ1v) is 9.20. The summed E-state index contributed by atoms with van der Waals surface area (Å²) in [5, 5.41) is 3.07. The molecule has 8 heteroatoms. The third kappa shape index (κ3) is 7.03. The molecule has 2 rings (SSSR count). The minimum atomic E-state index is -4.35. The van der Waals surface area contributed by atoms with Crippen LogP contribution in [-0.2, 0) is 16.3 Å². The molecule has 152 valence electrons. The van der Waals surface area contributed by atoms with Crippen LogP contribution in [0.4, 0.5) is 13.2 Å². The van der Waals surface area contributed by atoms with Crippen molar-refractivity contribution in [3.05, 3.63) is 35.4 Å². The monoisotopic (exact) mass is 386 g/mol. The fraction of sp³-hybridized carbons (Fsp3) is 0.632. The van der Waals surface area contributed by atoms with E-state index in [2.05, 4.69) is 15.2 Å². The smallest absolute Gasteiger partial charge is 0.379 e.